The predicted octanol–water partition coefficient (Wildman–Crippen LogP) is 4.20. The van der Waals surface area contributed by atoms with Gasteiger partial charge in [0.1, 0.15) is 5.82 Å². The molecule has 0 heterocycles. The lowest BCUT2D eigenvalue weighted by Crippen LogP contribution is -2.22. The second-order valence-electron chi connectivity index (χ2n) is 5.52. The van der Waals surface area contributed by atoms with Gasteiger partial charge in [-0.05, 0) is 50.1 Å². The number of nitrogens with one attached hydrogen (secondary N) is 1. The molecular formula is C18H17ClFNO3. The second kappa shape index (κ2) is 7.45. The third-order valence-electron chi connectivity index (χ3n) is 3.42. The summed E-state index contributed by atoms with van der Waals surface area (Å²) in [6.45, 7) is 5.25. The van der Waals surface area contributed by atoms with Crippen molar-refractivity contribution in [1.82, 2.24) is 0 Å². The van der Waals surface area contributed by atoms with Crippen LogP contribution in [-0.4, -0.2) is 18.5 Å². The Hall–Kier alpha value is -2.40. The molecule has 0 bridgehead atoms. The minimum absolute atomic E-state index is 0.0621. The molecule has 0 atom stereocenters. The quantitative estimate of drug-likeness (QED) is 0.842. The van der Waals surface area contributed by atoms with Crippen LogP contribution in [0.25, 0.3) is 0 Å². The van der Waals surface area contributed by atoms with Gasteiger partial charge in [0.05, 0.1) is 10.6 Å². The van der Waals surface area contributed by atoms with Crippen LogP contribution in [-0.2, 0) is 9.53 Å². The molecule has 0 saturated carbocycles. The molecule has 6 heteroatoms. The van der Waals surface area contributed by atoms with Gasteiger partial charge in [-0.2, -0.15) is 0 Å². The Morgan fingerprint density at radius 3 is 2.38 bits per heavy atom. The summed E-state index contributed by atoms with van der Waals surface area (Å²) in [5.41, 5.74) is 3.49. The van der Waals surface area contributed by atoms with Crippen LogP contribution in [0.5, 0.6) is 0 Å². The second-order valence-corrected chi connectivity index (χ2v) is 5.93. The molecule has 4 nitrogen and oxygen atoms in total. The van der Waals surface area contributed by atoms with Crippen LogP contribution in [0.2, 0.25) is 5.02 Å². The fraction of sp³-hybridized carbons (Fsp3) is 0.222. The van der Waals surface area contributed by atoms with Gasteiger partial charge in [-0.25, -0.2) is 9.18 Å². The molecule has 1 N–H and O–H groups in total. The summed E-state index contributed by atoms with van der Waals surface area (Å²) >= 11 is 5.82. The van der Waals surface area contributed by atoms with Crippen LogP contribution in [0.15, 0.2) is 30.3 Å². The minimum atomic E-state index is -0.855. The number of ether oxygens (including phenoxy) is 1. The maximum Gasteiger partial charge on any atom is 0.340 e. The first-order valence-corrected chi connectivity index (χ1v) is 7.65. The van der Waals surface area contributed by atoms with Crippen LogP contribution < -0.4 is 5.32 Å². The van der Waals surface area contributed by atoms with E-state index in [9.17, 15) is 14.0 Å². The van der Waals surface area contributed by atoms with Gasteiger partial charge in [0.15, 0.2) is 6.61 Å². The maximum absolute atomic E-state index is 13.2. The maximum atomic E-state index is 13.2. The highest BCUT2D eigenvalue weighted by Crippen LogP contribution is 2.22. The molecule has 0 radical (unpaired) electrons. The molecular weight excluding hydrogens is 333 g/mol. The number of esters is 1. The van der Waals surface area contributed by atoms with Gasteiger partial charge in [0, 0.05) is 5.69 Å². The summed E-state index contributed by atoms with van der Waals surface area (Å²) in [5, 5.41) is 2.78. The average molecular weight is 350 g/mol. The van der Waals surface area contributed by atoms with Crippen LogP contribution in [0.1, 0.15) is 27.0 Å². The first-order chi connectivity index (χ1) is 11.3. The van der Waals surface area contributed by atoms with Crippen molar-refractivity contribution in [1.29, 1.82) is 0 Å². The number of anilines is 1. The van der Waals surface area contributed by atoms with Crippen LogP contribution in [0.4, 0.5) is 10.1 Å². The Kier molecular flexibility index (Phi) is 5.57. The van der Waals surface area contributed by atoms with Crippen molar-refractivity contribution in [3.05, 3.63) is 63.4 Å². The third-order valence-corrected chi connectivity index (χ3v) is 3.75. The van der Waals surface area contributed by atoms with E-state index < -0.39 is 24.3 Å². The summed E-state index contributed by atoms with van der Waals surface area (Å²) in [7, 11) is 0. The van der Waals surface area contributed by atoms with E-state index in [2.05, 4.69) is 5.32 Å². The number of rotatable bonds is 4. The minimum Gasteiger partial charge on any atom is -0.452 e. The van der Waals surface area contributed by atoms with Gasteiger partial charge in [0.25, 0.3) is 5.91 Å². The van der Waals surface area contributed by atoms with Gasteiger partial charge >= 0.3 is 5.97 Å². The van der Waals surface area contributed by atoms with E-state index in [1.165, 1.54) is 6.07 Å². The zero-order valence-corrected chi connectivity index (χ0v) is 14.3. The van der Waals surface area contributed by atoms with Crippen molar-refractivity contribution in [2.24, 2.45) is 0 Å². The van der Waals surface area contributed by atoms with Gasteiger partial charge in [0.2, 0.25) is 0 Å². The number of carbonyl (C=O) groups is 2. The summed E-state index contributed by atoms with van der Waals surface area (Å²) in [5.74, 6) is -1.94. The Morgan fingerprint density at radius 1 is 1.12 bits per heavy atom. The standard InChI is InChI=1S/C18H17ClFNO3/c1-10-6-11(2)17(12(3)7-10)21-16(22)9-24-18(23)14-8-13(20)4-5-15(14)19/h4-8H,9H2,1-3H3,(H,21,22). The molecule has 0 aliphatic carbocycles. The fourth-order valence-electron chi connectivity index (χ4n) is 2.42. The van der Waals surface area contributed by atoms with Crippen molar-refractivity contribution in [3.8, 4) is 0 Å². The zero-order valence-electron chi connectivity index (χ0n) is 13.6. The number of amides is 1. The first-order valence-electron chi connectivity index (χ1n) is 7.28. The summed E-state index contributed by atoms with van der Waals surface area (Å²) in [6.07, 6.45) is 0. The fourth-order valence-corrected chi connectivity index (χ4v) is 2.61. The molecule has 0 fully saturated rings. The Labute approximate surface area is 144 Å². The number of hydrogen-bond acceptors (Lipinski definition) is 3. The average Bonchev–Trinajstić information content (AvgIpc) is 2.50. The molecule has 24 heavy (non-hydrogen) atoms. The van der Waals surface area contributed by atoms with E-state index in [-0.39, 0.29) is 10.6 Å². The lowest BCUT2D eigenvalue weighted by molar-refractivity contribution is -0.119. The third kappa shape index (κ3) is 4.32. The topological polar surface area (TPSA) is 55.4 Å². The monoisotopic (exact) mass is 349 g/mol. The highest BCUT2D eigenvalue weighted by Gasteiger charge is 2.15. The lowest BCUT2D eigenvalue weighted by atomic mass is 10.1. The normalized spacial score (nSPS) is 10.4. The molecule has 0 spiro atoms. The highest BCUT2D eigenvalue weighted by molar-refractivity contribution is 6.33. The molecule has 2 aromatic carbocycles. The lowest BCUT2D eigenvalue weighted by Gasteiger charge is -2.13. The van der Waals surface area contributed by atoms with E-state index >= 15 is 0 Å². The van der Waals surface area contributed by atoms with E-state index in [0.717, 1.165) is 28.8 Å². The molecule has 126 valence electrons. The number of aryl methyl sites for hydroxylation is 3. The number of hydrogen-bond donors (Lipinski definition) is 1. The molecule has 0 unspecified atom stereocenters. The van der Waals surface area contributed by atoms with Gasteiger partial charge in [-0.15, -0.1) is 0 Å². The molecule has 0 saturated heterocycles. The summed E-state index contributed by atoms with van der Waals surface area (Å²) in [6, 6.07) is 7.25. The Bertz CT molecular complexity index is 782. The molecule has 0 aliphatic heterocycles. The van der Waals surface area contributed by atoms with Crippen LogP contribution >= 0.6 is 11.6 Å². The summed E-state index contributed by atoms with van der Waals surface area (Å²) in [4.78, 5) is 23.9. The number of halogens is 2. The Morgan fingerprint density at radius 2 is 1.75 bits per heavy atom. The Balaban J connectivity index is 2.01. The SMILES string of the molecule is Cc1cc(C)c(NC(=O)COC(=O)c2cc(F)ccc2Cl)c(C)c1. The molecule has 0 aromatic heterocycles. The van der Waals surface area contributed by atoms with E-state index in [1.807, 2.05) is 32.9 Å². The summed E-state index contributed by atoms with van der Waals surface area (Å²) < 4.78 is 18.1. The van der Waals surface area contributed by atoms with E-state index in [0.29, 0.717) is 5.69 Å². The number of benzene rings is 2. The van der Waals surface area contributed by atoms with Crippen molar-refractivity contribution in [3.63, 3.8) is 0 Å². The van der Waals surface area contributed by atoms with Crippen molar-refractivity contribution in [2.75, 3.05) is 11.9 Å². The molecule has 0 aliphatic rings. The number of carbonyl (C=O) groups excluding carboxylic acids is 2. The van der Waals surface area contributed by atoms with Gasteiger partial charge < -0.3 is 10.1 Å². The molecule has 2 aromatic rings. The predicted molar refractivity (Wildman–Crippen MR) is 91.0 cm³/mol. The van der Waals surface area contributed by atoms with Crippen molar-refractivity contribution in [2.45, 2.75) is 20.8 Å². The highest BCUT2D eigenvalue weighted by atomic mass is 35.5. The van der Waals surface area contributed by atoms with Crippen molar-refractivity contribution < 1.29 is 18.7 Å². The van der Waals surface area contributed by atoms with Crippen molar-refractivity contribution >= 4 is 29.2 Å². The largest absolute Gasteiger partial charge is 0.452 e. The molecule has 2 rings (SSSR count). The molecule has 1 amide bonds. The van der Waals surface area contributed by atoms with Crippen LogP contribution in [0.3, 0.4) is 0 Å². The van der Waals surface area contributed by atoms with Gasteiger partial charge in [-0.3, -0.25) is 4.79 Å². The van der Waals surface area contributed by atoms with Gasteiger partial charge in [-0.1, -0.05) is 29.3 Å². The van der Waals surface area contributed by atoms with Crippen LogP contribution in [0, 0.1) is 26.6 Å². The zero-order chi connectivity index (χ0) is 17.9. The van der Waals surface area contributed by atoms with E-state index in [4.69, 9.17) is 16.3 Å². The smallest absolute Gasteiger partial charge is 0.340 e. The first kappa shape index (κ1) is 17.9. The van der Waals surface area contributed by atoms with E-state index in [1.54, 1.807) is 0 Å².